The number of nitrogens with zero attached hydrogens (tertiary/aromatic N) is 2. The molecule has 34 heavy (non-hydrogen) atoms. The van der Waals surface area contributed by atoms with Crippen LogP contribution in [0.15, 0.2) is 82.8 Å². The molecule has 0 aliphatic heterocycles. The molecule has 0 saturated heterocycles. The molecule has 0 radical (unpaired) electrons. The van der Waals surface area contributed by atoms with Gasteiger partial charge >= 0.3 is 0 Å². The minimum absolute atomic E-state index is 0. The van der Waals surface area contributed by atoms with Crippen LogP contribution in [0.1, 0.15) is 47.2 Å². The SMILES string of the molecule is CCc1cccc(C)c1N=C1C(=Nc2c(C)cccc2CC)c2cccc3cccc1c23.[CH3-].[Ni]. The summed E-state index contributed by atoms with van der Waals surface area (Å²) in [5, 5.41) is 2.49. The van der Waals surface area contributed by atoms with Gasteiger partial charge in [0.05, 0.1) is 22.8 Å². The molecule has 1 aliphatic rings. The maximum atomic E-state index is 5.32. The van der Waals surface area contributed by atoms with Gasteiger partial charge < -0.3 is 7.43 Å². The first kappa shape index (κ1) is 25.6. The van der Waals surface area contributed by atoms with Crippen LogP contribution in [0.3, 0.4) is 0 Å². The number of rotatable bonds is 4. The quantitative estimate of drug-likeness (QED) is 0.203. The van der Waals surface area contributed by atoms with E-state index in [1.54, 1.807) is 0 Å². The first-order chi connectivity index (χ1) is 15.6. The summed E-state index contributed by atoms with van der Waals surface area (Å²) in [7, 11) is 0. The summed E-state index contributed by atoms with van der Waals surface area (Å²) in [5.74, 6) is 0. The topological polar surface area (TPSA) is 24.7 Å². The fourth-order valence-electron chi connectivity index (χ4n) is 4.77. The molecule has 0 heterocycles. The smallest absolute Gasteiger partial charge is 0.0979 e. The number of aliphatic imine (C=N–C) groups is 2. The van der Waals surface area contributed by atoms with Crippen LogP contribution in [0, 0.1) is 21.3 Å². The zero-order valence-corrected chi connectivity index (χ0v) is 21.5. The molecule has 0 fully saturated rings. The second-order valence-corrected chi connectivity index (χ2v) is 8.50. The summed E-state index contributed by atoms with van der Waals surface area (Å²) >= 11 is 0. The number of hydrogen-bond acceptors (Lipinski definition) is 2. The molecule has 0 spiro atoms. The van der Waals surface area contributed by atoms with Crippen molar-refractivity contribution in [1.82, 2.24) is 0 Å². The summed E-state index contributed by atoms with van der Waals surface area (Å²) in [5.41, 5.74) is 11.4. The summed E-state index contributed by atoms with van der Waals surface area (Å²) in [6.07, 6.45) is 1.91. The molecule has 0 atom stereocenters. The van der Waals surface area contributed by atoms with Crippen molar-refractivity contribution in [3.8, 4) is 0 Å². The van der Waals surface area contributed by atoms with Crippen molar-refractivity contribution in [3.63, 3.8) is 0 Å². The van der Waals surface area contributed by atoms with Crippen LogP contribution in [0.5, 0.6) is 0 Å². The van der Waals surface area contributed by atoms with E-state index < -0.39 is 0 Å². The molecular weight excluding hydrogens is 459 g/mol. The third-order valence-electron chi connectivity index (χ3n) is 6.49. The van der Waals surface area contributed by atoms with Crippen LogP contribution >= 0.6 is 0 Å². The van der Waals surface area contributed by atoms with E-state index in [0.717, 1.165) is 35.6 Å². The minimum Gasteiger partial charge on any atom is -0.358 e. The number of hydrogen-bond donors (Lipinski definition) is 0. The summed E-state index contributed by atoms with van der Waals surface area (Å²) in [6.45, 7) is 8.68. The number of aryl methyl sites for hydroxylation is 4. The van der Waals surface area contributed by atoms with Gasteiger partial charge in [0.25, 0.3) is 0 Å². The normalized spacial score (nSPS) is 14.4. The fourth-order valence-corrected chi connectivity index (χ4v) is 4.77. The third kappa shape index (κ3) is 4.26. The summed E-state index contributed by atoms with van der Waals surface area (Å²) < 4.78 is 0. The van der Waals surface area contributed by atoms with Gasteiger partial charge in [-0.1, -0.05) is 86.6 Å². The van der Waals surface area contributed by atoms with Gasteiger partial charge in [-0.05, 0) is 54.3 Å². The zero-order chi connectivity index (χ0) is 22.2. The molecule has 0 unspecified atom stereocenters. The molecule has 1 aliphatic carbocycles. The predicted octanol–water partition coefficient (Wildman–Crippen LogP) is 8.28. The van der Waals surface area contributed by atoms with E-state index in [-0.39, 0.29) is 23.9 Å². The molecule has 5 rings (SSSR count). The van der Waals surface area contributed by atoms with Crippen LogP contribution in [-0.2, 0) is 29.3 Å². The molecule has 4 aromatic carbocycles. The van der Waals surface area contributed by atoms with Crippen molar-refractivity contribution in [2.75, 3.05) is 0 Å². The maximum Gasteiger partial charge on any atom is 0.0979 e. The van der Waals surface area contributed by atoms with E-state index in [4.69, 9.17) is 9.98 Å². The average Bonchev–Trinajstić information content (AvgIpc) is 3.11. The molecule has 0 N–H and O–H groups in total. The van der Waals surface area contributed by atoms with Crippen LogP contribution in [0.25, 0.3) is 10.8 Å². The van der Waals surface area contributed by atoms with Crippen molar-refractivity contribution in [2.24, 2.45) is 9.98 Å². The van der Waals surface area contributed by atoms with E-state index in [1.807, 2.05) is 0 Å². The van der Waals surface area contributed by atoms with Gasteiger partial charge in [0, 0.05) is 33.0 Å². The average molecular weight is 490 g/mol. The maximum absolute atomic E-state index is 5.32. The van der Waals surface area contributed by atoms with Gasteiger partial charge in [-0.15, -0.1) is 0 Å². The molecule has 0 bridgehead atoms. The van der Waals surface area contributed by atoms with Crippen molar-refractivity contribution >= 4 is 33.6 Å². The van der Waals surface area contributed by atoms with Crippen molar-refractivity contribution < 1.29 is 16.5 Å². The Morgan fingerprint density at radius 3 is 1.41 bits per heavy atom. The summed E-state index contributed by atoms with van der Waals surface area (Å²) in [6, 6.07) is 25.9. The molecule has 4 aromatic rings. The monoisotopic (exact) mass is 489 g/mol. The third-order valence-corrected chi connectivity index (χ3v) is 6.49. The van der Waals surface area contributed by atoms with Crippen LogP contribution in [0.2, 0.25) is 0 Å². The van der Waals surface area contributed by atoms with E-state index in [9.17, 15) is 0 Å². The van der Waals surface area contributed by atoms with E-state index in [1.165, 1.54) is 44.2 Å². The van der Waals surface area contributed by atoms with E-state index in [2.05, 4.69) is 100 Å². The van der Waals surface area contributed by atoms with Crippen LogP contribution in [-0.4, -0.2) is 11.4 Å². The fraction of sp³-hybridized carbons (Fsp3) is 0.194. The molecular formula is C31H31N2Ni-. The minimum atomic E-state index is 0. The predicted molar refractivity (Wildman–Crippen MR) is 144 cm³/mol. The number of benzene rings is 4. The van der Waals surface area contributed by atoms with Gasteiger partial charge in [0.15, 0.2) is 0 Å². The Balaban J connectivity index is 0.00000162. The van der Waals surface area contributed by atoms with Crippen molar-refractivity contribution in [1.29, 1.82) is 0 Å². The van der Waals surface area contributed by atoms with E-state index >= 15 is 0 Å². The standard InChI is InChI=1S/C30H28N2.CH3.Ni/c1-5-21-13-7-11-19(3)27(21)31-29-24-17-9-15-23-16-10-18-25(26(23)24)30(29)32-28-20(4)12-8-14-22(28)6-2;;/h7-18H,5-6H2,1-4H3;1H3;/q;-1;. The Morgan fingerprint density at radius 1 is 0.588 bits per heavy atom. The molecule has 176 valence electrons. The Labute approximate surface area is 213 Å². The summed E-state index contributed by atoms with van der Waals surface area (Å²) in [4.78, 5) is 10.6. The molecule has 0 saturated carbocycles. The number of para-hydroxylation sites is 2. The Bertz CT molecular complexity index is 1310. The van der Waals surface area contributed by atoms with Gasteiger partial charge in [0.1, 0.15) is 0 Å². The molecule has 2 nitrogen and oxygen atoms in total. The first-order valence-electron chi connectivity index (χ1n) is 11.5. The van der Waals surface area contributed by atoms with Crippen LogP contribution < -0.4 is 0 Å². The molecule has 0 amide bonds. The first-order valence-corrected chi connectivity index (χ1v) is 11.5. The zero-order valence-electron chi connectivity index (χ0n) is 20.6. The van der Waals surface area contributed by atoms with Gasteiger partial charge in [-0.2, -0.15) is 0 Å². The molecule has 0 aromatic heterocycles. The van der Waals surface area contributed by atoms with Crippen LogP contribution in [0.4, 0.5) is 11.4 Å². The van der Waals surface area contributed by atoms with Gasteiger partial charge in [-0.25, -0.2) is 9.98 Å². The Morgan fingerprint density at radius 2 is 1.00 bits per heavy atom. The van der Waals surface area contributed by atoms with Crippen molar-refractivity contribution in [2.45, 2.75) is 40.5 Å². The Hall–Kier alpha value is -3.03. The van der Waals surface area contributed by atoms with Crippen molar-refractivity contribution in [3.05, 3.63) is 114 Å². The largest absolute Gasteiger partial charge is 0.358 e. The van der Waals surface area contributed by atoms with Gasteiger partial charge in [0.2, 0.25) is 0 Å². The second-order valence-electron chi connectivity index (χ2n) is 8.50. The molecule has 3 heteroatoms. The van der Waals surface area contributed by atoms with E-state index in [0.29, 0.717) is 0 Å². The van der Waals surface area contributed by atoms with Gasteiger partial charge in [-0.3, -0.25) is 0 Å². The second kappa shape index (κ2) is 10.5. The Kier molecular flexibility index (Phi) is 7.90.